The fourth-order valence-corrected chi connectivity index (χ4v) is 3.54. The first kappa shape index (κ1) is 10.3. The first-order valence-electron chi connectivity index (χ1n) is 3.84. The van der Waals surface area contributed by atoms with Gasteiger partial charge in [0.1, 0.15) is 11.9 Å². The van der Waals surface area contributed by atoms with E-state index in [1.54, 1.807) is 5.38 Å². The quantitative estimate of drug-likeness (QED) is 0.893. The zero-order valence-corrected chi connectivity index (χ0v) is 10.1. The van der Waals surface area contributed by atoms with Crippen molar-refractivity contribution >= 4 is 38.6 Å². The number of hydrogen-bond acceptors (Lipinski definition) is 3. The van der Waals surface area contributed by atoms with Crippen molar-refractivity contribution in [2.75, 3.05) is 0 Å². The Morgan fingerprint density at radius 2 is 1.86 bits per heavy atom. The minimum absolute atomic E-state index is 0.345. The van der Waals surface area contributed by atoms with Gasteiger partial charge in [-0.1, -0.05) is 0 Å². The molecule has 2 rings (SSSR count). The summed E-state index contributed by atoms with van der Waals surface area (Å²) in [5.41, 5.74) is 0. The molecule has 0 bridgehead atoms. The molecule has 0 radical (unpaired) electrons. The Hall–Kier alpha value is -0.230. The standard InChI is InChI=1S/C9H6BrFOS2/c10-5-1-3-13-8(5)7(12)9-6(11)2-4-14-9/h1-4,7,12H. The second-order valence-electron chi connectivity index (χ2n) is 2.67. The Labute approximate surface area is 97.0 Å². The molecule has 0 fully saturated rings. The zero-order valence-electron chi connectivity index (χ0n) is 6.91. The molecule has 0 aromatic carbocycles. The Balaban J connectivity index is 2.38. The molecule has 0 aliphatic heterocycles. The zero-order chi connectivity index (χ0) is 10.1. The number of thiophene rings is 2. The van der Waals surface area contributed by atoms with E-state index in [1.807, 2.05) is 11.4 Å². The van der Waals surface area contributed by atoms with Gasteiger partial charge in [0, 0.05) is 4.47 Å². The molecule has 2 aromatic heterocycles. The maximum absolute atomic E-state index is 13.2. The van der Waals surface area contributed by atoms with Crippen LogP contribution in [0.1, 0.15) is 15.9 Å². The third-order valence-corrected chi connectivity index (χ3v) is 4.65. The summed E-state index contributed by atoms with van der Waals surface area (Å²) >= 11 is 5.94. The molecule has 1 nitrogen and oxygen atoms in total. The van der Waals surface area contributed by atoms with Gasteiger partial charge in [-0.05, 0) is 38.8 Å². The van der Waals surface area contributed by atoms with Crippen molar-refractivity contribution in [2.45, 2.75) is 6.10 Å². The first-order valence-corrected chi connectivity index (χ1v) is 6.39. The molecule has 0 aliphatic carbocycles. The lowest BCUT2D eigenvalue weighted by Gasteiger charge is -2.06. The molecule has 74 valence electrons. The largest absolute Gasteiger partial charge is 0.382 e. The summed E-state index contributed by atoms with van der Waals surface area (Å²) in [7, 11) is 0. The highest BCUT2D eigenvalue weighted by molar-refractivity contribution is 9.10. The van der Waals surface area contributed by atoms with Gasteiger partial charge in [0.05, 0.1) is 9.75 Å². The minimum Gasteiger partial charge on any atom is -0.382 e. The van der Waals surface area contributed by atoms with Crippen molar-refractivity contribution < 1.29 is 9.50 Å². The molecule has 1 unspecified atom stereocenters. The van der Waals surface area contributed by atoms with Gasteiger partial charge in [-0.25, -0.2) is 4.39 Å². The highest BCUT2D eigenvalue weighted by Crippen LogP contribution is 2.35. The third kappa shape index (κ3) is 1.77. The van der Waals surface area contributed by atoms with Crippen molar-refractivity contribution in [3.63, 3.8) is 0 Å². The van der Waals surface area contributed by atoms with E-state index in [2.05, 4.69) is 15.9 Å². The number of aliphatic hydroxyl groups is 1. The van der Waals surface area contributed by atoms with Crippen LogP contribution in [0.25, 0.3) is 0 Å². The molecule has 0 saturated heterocycles. The molecule has 0 amide bonds. The van der Waals surface area contributed by atoms with Crippen molar-refractivity contribution in [3.05, 3.63) is 42.9 Å². The normalized spacial score (nSPS) is 13.1. The summed E-state index contributed by atoms with van der Waals surface area (Å²) in [5.74, 6) is -0.345. The summed E-state index contributed by atoms with van der Waals surface area (Å²) in [6, 6.07) is 3.21. The Morgan fingerprint density at radius 1 is 1.21 bits per heavy atom. The molecule has 5 heteroatoms. The van der Waals surface area contributed by atoms with Crippen LogP contribution in [-0.2, 0) is 0 Å². The number of hydrogen-bond donors (Lipinski definition) is 1. The maximum Gasteiger partial charge on any atom is 0.140 e. The Kier molecular flexibility index (Phi) is 3.02. The van der Waals surface area contributed by atoms with E-state index in [-0.39, 0.29) is 5.82 Å². The van der Waals surface area contributed by atoms with E-state index in [4.69, 9.17) is 0 Å². The van der Waals surface area contributed by atoms with E-state index in [9.17, 15) is 9.50 Å². The monoisotopic (exact) mass is 292 g/mol. The van der Waals surface area contributed by atoms with Crippen LogP contribution in [0.4, 0.5) is 4.39 Å². The van der Waals surface area contributed by atoms with Gasteiger partial charge in [-0.15, -0.1) is 22.7 Å². The van der Waals surface area contributed by atoms with Crippen molar-refractivity contribution in [1.82, 2.24) is 0 Å². The highest BCUT2D eigenvalue weighted by Gasteiger charge is 2.19. The Morgan fingerprint density at radius 3 is 2.36 bits per heavy atom. The van der Waals surface area contributed by atoms with Gasteiger partial charge < -0.3 is 5.11 Å². The SMILES string of the molecule is OC(c1sccc1F)c1sccc1Br. The lowest BCUT2D eigenvalue weighted by Crippen LogP contribution is -1.96. The molecule has 14 heavy (non-hydrogen) atoms. The molecule has 0 saturated carbocycles. The van der Waals surface area contributed by atoms with Crippen LogP contribution in [0.2, 0.25) is 0 Å². The molecule has 2 aromatic rings. The molecule has 1 atom stereocenters. The second kappa shape index (κ2) is 4.10. The predicted molar refractivity (Wildman–Crippen MR) is 60.4 cm³/mol. The molecular formula is C9H6BrFOS2. The van der Waals surface area contributed by atoms with E-state index < -0.39 is 6.10 Å². The summed E-state index contributed by atoms with van der Waals surface area (Å²) in [4.78, 5) is 1.11. The van der Waals surface area contributed by atoms with Gasteiger partial charge >= 0.3 is 0 Å². The summed E-state index contributed by atoms with van der Waals surface area (Å²) in [6.45, 7) is 0. The topological polar surface area (TPSA) is 20.2 Å². The third-order valence-electron chi connectivity index (χ3n) is 1.79. The van der Waals surface area contributed by atoms with E-state index in [0.29, 0.717) is 4.88 Å². The van der Waals surface area contributed by atoms with Gasteiger partial charge in [0.15, 0.2) is 0 Å². The van der Waals surface area contributed by atoms with Crippen LogP contribution in [0, 0.1) is 5.82 Å². The predicted octanol–water partition coefficient (Wildman–Crippen LogP) is 3.79. The number of halogens is 2. The van der Waals surface area contributed by atoms with Gasteiger partial charge in [-0.3, -0.25) is 0 Å². The van der Waals surface area contributed by atoms with Crippen LogP contribution in [-0.4, -0.2) is 5.11 Å². The lowest BCUT2D eigenvalue weighted by molar-refractivity contribution is 0.222. The molecular weight excluding hydrogens is 287 g/mol. The van der Waals surface area contributed by atoms with Gasteiger partial charge in [-0.2, -0.15) is 0 Å². The Bertz CT molecular complexity index is 397. The highest BCUT2D eigenvalue weighted by atomic mass is 79.9. The molecule has 1 N–H and O–H groups in total. The fourth-order valence-electron chi connectivity index (χ4n) is 1.12. The van der Waals surface area contributed by atoms with Gasteiger partial charge in [0.25, 0.3) is 0 Å². The average Bonchev–Trinajstić information content (AvgIpc) is 2.73. The second-order valence-corrected chi connectivity index (χ2v) is 5.42. The number of rotatable bonds is 2. The van der Waals surface area contributed by atoms with Crippen LogP contribution >= 0.6 is 38.6 Å². The van der Waals surface area contributed by atoms with E-state index in [0.717, 1.165) is 9.35 Å². The fraction of sp³-hybridized carbons (Fsp3) is 0.111. The lowest BCUT2D eigenvalue weighted by atomic mass is 10.2. The van der Waals surface area contributed by atoms with Gasteiger partial charge in [0.2, 0.25) is 0 Å². The molecule has 2 heterocycles. The summed E-state index contributed by atoms with van der Waals surface area (Å²) in [5, 5.41) is 13.4. The molecule has 0 spiro atoms. The first-order chi connectivity index (χ1) is 6.70. The smallest absolute Gasteiger partial charge is 0.140 e. The minimum atomic E-state index is -0.857. The van der Waals surface area contributed by atoms with E-state index >= 15 is 0 Å². The summed E-state index contributed by atoms with van der Waals surface area (Å²) < 4.78 is 14.0. The number of aliphatic hydroxyl groups excluding tert-OH is 1. The summed E-state index contributed by atoms with van der Waals surface area (Å²) in [6.07, 6.45) is -0.857. The maximum atomic E-state index is 13.2. The van der Waals surface area contributed by atoms with Crippen LogP contribution in [0.3, 0.4) is 0 Å². The van der Waals surface area contributed by atoms with Crippen molar-refractivity contribution in [1.29, 1.82) is 0 Å². The van der Waals surface area contributed by atoms with Crippen LogP contribution < -0.4 is 0 Å². The van der Waals surface area contributed by atoms with Crippen LogP contribution in [0.15, 0.2) is 27.4 Å². The van der Waals surface area contributed by atoms with Crippen molar-refractivity contribution in [3.8, 4) is 0 Å². The van der Waals surface area contributed by atoms with E-state index in [1.165, 1.54) is 28.7 Å². The van der Waals surface area contributed by atoms with Crippen molar-refractivity contribution in [2.24, 2.45) is 0 Å². The molecule has 0 aliphatic rings. The average molecular weight is 293 g/mol. The van der Waals surface area contributed by atoms with Crippen LogP contribution in [0.5, 0.6) is 0 Å².